The first-order valence-corrected chi connectivity index (χ1v) is 11.0. The molecule has 1 N–H and O–H groups in total. The third-order valence-electron chi connectivity index (χ3n) is 5.47. The summed E-state index contributed by atoms with van der Waals surface area (Å²) in [6.45, 7) is 6.67. The minimum Gasteiger partial charge on any atom is -0.338 e. The normalized spacial score (nSPS) is 17.1. The summed E-state index contributed by atoms with van der Waals surface area (Å²) in [6.07, 6.45) is 0. The molecule has 0 aliphatic carbocycles. The summed E-state index contributed by atoms with van der Waals surface area (Å²) >= 11 is 1.64. The predicted molar refractivity (Wildman–Crippen MR) is 119 cm³/mol. The largest absolute Gasteiger partial charge is 0.338 e. The molecule has 4 heterocycles. The molecule has 1 aromatic carbocycles. The molecule has 154 valence electrons. The van der Waals surface area contributed by atoms with Gasteiger partial charge in [-0.15, -0.1) is 21.5 Å². The molecule has 3 aromatic heterocycles. The maximum atomic E-state index is 12.4. The number of nitrogens with zero attached hydrogens (tertiary/aromatic N) is 6. The van der Waals surface area contributed by atoms with E-state index in [9.17, 15) is 4.79 Å². The Hall–Kier alpha value is -3.20. The number of amides is 2. The van der Waals surface area contributed by atoms with Crippen molar-refractivity contribution in [2.45, 2.75) is 19.9 Å². The second kappa shape index (κ2) is 7.56. The van der Waals surface area contributed by atoms with Gasteiger partial charge in [0.05, 0.1) is 10.4 Å². The van der Waals surface area contributed by atoms with E-state index < -0.39 is 0 Å². The van der Waals surface area contributed by atoms with E-state index in [2.05, 4.69) is 37.8 Å². The van der Waals surface area contributed by atoms with Crippen molar-refractivity contribution in [1.82, 2.24) is 29.8 Å². The van der Waals surface area contributed by atoms with Crippen molar-refractivity contribution in [3.63, 3.8) is 0 Å². The minimum absolute atomic E-state index is 0.00941. The molecular formula is C21H23N7OS. The molecule has 0 radical (unpaired) electrons. The zero-order valence-corrected chi connectivity index (χ0v) is 17.8. The maximum absolute atomic E-state index is 12.4. The molecule has 1 saturated heterocycles. The molecule has 5 rings (SSSR count). The Morgan fingerprint density at radius 3 is 2.83 bits per heavy atom. The number of urea groups is 1. The first-order valence-electron chi connectivity index (χ1n) is 10.1. The van der Waals surface area contributed by atoms with E-state index in [0.29, 0.717) is 26.2 Å². The standard InChI is InChI=1S/C21H23N7OS/c1-3-22-21(29)27-11-10-26(13-14(27)2)20-23-16-8-5-4-7-15(16)18-24-25-19(28(18)20)17-9-6-12-30-17/h4-9,12,14H,3,10-11,13H2,1-2H3,(H,22,29). The number of anilines is 1. The van der Waals surface area contributed by atoms with Gasteiger partial charge in [-0.25, -0.2) is 14.2 Å². The van der Waals surface area contributed by atoms with E-state index in [4.69, 9.17) is 4.98 Å². The van der Waals surface area contributed by atoms with Gasteiger partial charge in [0.25, 0.3) is 0 Å². The molecule has 9 heteroatoms. The maximum Gasteiger partial charge on any atom is 0.317 e. The molecule has 1 aliphatic rings. The van der Waals surface area contributed by atoms with Gasteiger partial charge in [-0.3, -0.25) is 0 Å². The number of hydrogen-bond acceptors (Lipinski definition) is 6. The Morgan fingerprint density at radius 1 is 1.20 bits per heavy atom. The molecule has 1 fully saturated rings. The summed E-state index contributed by atoms with van der Waals surface area (Å²) in [5, 5.41) is 15.0. The average Bonchev–Trinajstić information content (AvgIpc) is 3.43. The minimum atomic E-state index is -0.00941. The Kier molecular flexibility index (Phi) is 4.74. The van der Waals surface area contributed by atoms with Gasteiger partial charge in [0.1, 0.15) is 0 Å². The van der Waals surface area contributed by atoms with Gasteiger partial charge in [0, 0.05) is 37.6 Å². The number of rotatable bonds is 3. The van der Waals surface area contributed by atoms with E-state index >= 15 is 0 Å². The highest BCUT2D eigenvalue weighted by Crippen LogP contribution is 2.31. The van der Waals surface area contributed by atoms with Crippen LogP contribution in [0, 0.1) is 0 Å². The van der Waals surface area contributed by atoms with Crippen molar-refractivity contribution in [1.29, 1.82) is 0 Å². The van der Waals surface area contributed by atoms with Crippen LogP contribution >= 0.6 is 11.3 Å². The summed E-state index contributed by atoms with van der Waals surface area (Å²) < 4.78 is 2.06. The number of piperazine rings is 1. The average molecular weight is 422 g/mol. The third-order valence-corrected chi connectivity index (χ3v) is 6.34. The molecule has 1 atom stereocenters. The van der Waals surface area contributed by atoms with Crippen LogP contribution in [-0.2, 0) is 0 Å². The predicted octanol–water partition coefficient (Wildman–Crippen LogP) is 3.25. The van der Waals surface area contributed by atoms with Crippen LogP contribution in [0.5, 0.6) is 0 Å². The van der Waals surface area contributed by atoms with Crippen molar-refractivity contribution in [2.24, 2.45) is 0 Å². The Morgan fingerprint density at radius 2 is 2.07 bits per heavy atom. The van der Waals surface area contributed by atoms with Gasteiger partial charge in [-0.1, -0.05) is 18.2 Å². The first-order chi connectivity index (χ1) is 14.7. The highest BCUT2D eigenvalue weighted by Gasteiger charge is 2.30. The van der Waals surface area contributed by atoms with Crippen LogP contribution in [0.4, 0.5) is 10.7 Å². The van der Waals surface area contributed by atoms with Gasteiger partial charge in [0.15, 0.2) is 11.5 Å². The number of thiophene rings is 1. The molecular weight excluding hydrogens is 398 g/mol. The van der Waals surface area contributed by atoms with Crippen LogP contribution in [0.3, 0.4) is 0 Å². The Labute approximate surface area is 178 Å². The molecule has 4 aromatic rings. The zero-order chi connectivity index (χ0) is 20.7. The summed E-state index contributed by atoms with van der Waals surface area (Å²) in [5.41, 5.74) is 1.70. The molecule has 30 heavy (non-hydrogen) atoms. The number of nitrogens with one attached hydrogen (secondary N) is 1. The van der Waals surface area contributed by atoms with Crippen LogP contribution in [0.2, 0.25) is 0 Å². The third kappa shape index (κ3) is 3.06. The fourth-order valence-electron chi connectivity index (χ4n) is 4.04. The second-order valence-corrected chi connectivity index (χ2v) is 8.36. The SMILES string of the molecule is CCNC(=O)N1CCN(c2nc3ccccc3c3nnc(-c4cccs4)n23)CC1C. The van der Waals surface area contributed by atoms with E-state index in [1.807, 2.05) is 47.5 Å². The van der Waals surface area contributed by atoms with Crippen molar-refractivity contribution < 1.29 is 4.79 Å². The quantitative estimate of drug-likeness (QED) is 0.549. The fourth-order valence-corrected chi connectivity index (χ4v) is 4.74. The number of hydrogen-bond donors (Lipinski definition) is 1. The lowest BCUT2D eigenvalue weighted by atomic mass is 10.2. The molecule has 0 spiro atoms. The molecule has 1 aliphatic heterocycles. The Bertz CT molecular complexity index is 1200. The zero-order valence-electron chi connectivity index (χ0n) is 16.9. The summed E-state index contributed by atoms with van der Waals surface area (Å²) in [5.74, 6) is 1.62. The lowest BCUT2D eigenvalue weighted by Crippen LogP contribution is -2.57. The van der Waals surface area contributed by atoms with E-state index in [1.165, 1.54) is 0 Å². The van der Waals surface area contributed by atoms with Crippen molar-refractivity contribution in [3.8, 4) is 10.7 Å². The summed E-state index contributed by atoms with van der Waals surface area (Å²) in [7, 11) is 0. The van der Waals surface area contributed by atoms with Gasteiger partial charge in [-0.05, 0) is 37.4 Å². The lowest BCUT2D eigenvalue weighted by Gasteiger charge is -2.40. The van der Waals surface area contributed by atoms with Gasteiger partial charge >= 0.3 is 6.03 Å². The Balaban J connectivity index is 1.61. The van der Waals surface area contributed by atoms with Gasteiger partial charge < -0.3 is 15.1 Å². The van der Waals surface area contributed by atoms with Gasteiger partial charge in [-0.2, -0.15) is 0 Å². The smallest absolute Gasteiger partial charge is 0.317 e. The summed E-state index contributed by atoms with van der Waals surface area (Å²) in [6, 6.07) is 12.1. The van der Waals surface area contributed by atoms with Crippen molar-refractivity contribution >= 4 is 39.9 Å². The van der Waals surface area contributed by atoms with Gasteiger partial charge in [0.2, 0.25) is 5.95 Å². The number of aromatic nitrogens is 4. The van der Waals surface area contributed by atoms with Crippen molar-refractivity contribution in [2.75, 3.05) is 31.1 Å². The number of carbonyl (C=O) groups excluding carboxylic acids is 1. The molecule has 0 saturated carbocycles. The molecule has 0 bridgehead atoms. The van der Waals surface area contributed by atoms with Crippen LogP contribution in [0.25, 0.3) is 27.3 Å². The highest BCUT2D eigenvalue weighted by atomic mass is 32.1. The number of para-hydroxylation sites is 1. The number of carbonyl (C=O) groups is 1. The number of fused-ring (bicyclic) bond motifs is 3. The van der Waals surface area contributed by atoms with E-state index in [1.54, 1.807) is 11.3 Å². The van der Waals surface area contributed by atoms with Crippen LogP contribution in [-0.4, -0.2) is 62.7 Å². The lowest BCUT2D eigenvalue weighted by molar-refractivity contribution is 0.171. The number of benzene rings is 1. The monoisotopic (exact) mass is 421 g/mol. The molecule has 2 amide bonds. The highest BCUT2D eigenvalue weighted by molar-refractivity contribution is 7.13. The topological polar surface area (TPSA) is 78.7 Å². The summed E-state index contributed by atoms with van der Waals surface area (Å²) in [4.78, 5) is 22.5. The van der Waals surface area contributed by atoms with E-state index in [-0.39, 0.29) is 12.1 Å². The first kappa shape index (κ1) is 18.8. The van der Waals surface area contributed by atoms with Crippen LogP contribution in [0.1, 0.15) is 13.8 Å². The fraction of sp³-hybridized carbons (Fsp3) is 0.333. The van der Waals surface area contributed by atoms with Crippen LogP contribution in [0.15, 0.2) is 41.8 Å². The second-order valence-electron chi connectivity index (χ2n) is 7.41. The molecule has 8 nitrogen and oxygen atoms in total. The van der Waals surface area contributed by atoms with E-state index in [0.717, 1.165) is 33.2 Å². The van der Waals surface area contributed by atoms with Crippen molar-refractivity contribution in [3.05, 3.63) is 41.8 Å². The van der Waals surface area contributed by atoms with Crippen LogP contribution < -0.4 is 10.2 Å². The molecule has 1 unspecified atom stereocenters.